The summed E-state index contributed by atoms with van der Waals surface area (Å²) in [7, 11) is 1.99. The van der Waals surface area contributed by atoms with Gasteiger partial charge in [0.15, 0.2) is 0 Å². The summed E-state index contributed by atoms with van der Waals surface area (Å²) in [6.45, 7) is 6.21. The van der Waals surface area contributed by atoms with E-state index in [1.807, 2.05) is 90.0 Å². The molecule has 0 spiro atoms. The Labute approximate surface area is 170 Å². The molecule has 2 aromatic carbocycles. The molecule has 0 aliphatic rings. The van der Waals surface area contributed by atoms with Gasteiger partial charge in [-0.2, -0.15) is 0 Å². The minimum Gasteiger partial charge on any atom is -0.332 e. The van der Waals surface area contributed by atoms with Crippen molar-refractivity contribution in [2.24, 2.45) is 7.05 Å². The number of aromatic nitrogens is 3. The fraction of sp³-hybridized carbons (Fsp3) is 0.200. The van der Waals surface area contributed by atoms with Gasteiger partial charge in [-0.15, -0.1) is 0 Å². The summed E-state index contributed by atoms with van der Waals surface area (Å²) < 4.78 is 3.87. The molecule has 4 heteroatoms. The summed E-state index contributed by atoms with van der Waals surface area (Å²) in [5.41, 5.74) is 3.83. The van der Waals surface area contributed by atoms with E-state index >= 15 is 0 Å². The zero-order valence-electron chi connectivity index (χ0n) is 17.3. The molecule has 29 heavy (non-hydrogen) atoms. The van der Waals surface area contributed by atoms with Crippen molar-refractivity contribution >= 4 is 22.9 Å². The molecule has 0 saturated heterocycles. The van der Waals surface area contributed by atoms with Crippen LogP contribution in [-0.4, -0.2) is 14.1 Å². The second-order valence-corrected chi connectivity index (χ2v) is 7.63. The number of aryl methyl sites for hydroxylation is 1. The molecule has 0 saturated carbocycles. The fourth-order valence-electron chi connectivity index (χ4n) is 3.67. The van der Waals surface area contributed by atoms with E-state index in [4.69, 9.17) is 0 Å². The first-order valence-electron chi connectivity index (χ1n) is 9.88. The maximum absolute atomic E-state index is 13.7. The summed E-state index contributed by atoms with van der Waals surface area (Å²) in [6, 6.07) is 18.0. The van der Waals surface area contributed by atoms with Crippen LogP contribution in [-0.2, 0) is 7.05 Å². The Balaban J connectivity index is 1.96. The minimum absolute atomic E-state index is 0.0128. The Hall–Kier alpha value is -3.40. The molecule has 0 radical (unpaired) electrons. The lowest BCUT2D eigenvalue weighted by atomic mass is 10.0. The van der Waals surface area contributed by atoms with Crippen LogP contribution >= 0.6 is 0 Å². The average Bonchev–Trinajstić information content (AvgIpc) is 3.04. The highest BCUT2D eigenvalue weighted by atomic mass is 16.1. The van der Waals surface area contributed by atoms with Crippen LogP contribution < -0.4 is 5.56 Å². The highest BCUT2D eigenvalue weighted by molar-refractivity contribution is 5.92. The molecule has 0 atom stereocenters. The monoisotopic (exact) mass is 383 g/mol. The van der Waals surface area contributed by atoms with Crippen LogP contribution in [0, 0.1) is 6.92 Å². The number of hydrogen-bond acceptors (Lipinski definition) is 2. The van der Waals surface area contributed by atoms with Gasteiger partial charge in [-0.05, 0) is 48.1 Å². The van der Waals surface area contributed by atoms with Crippen molar-refractivity contribution in [2.75, 3.05) is 0 Å². The van der Waals surface area contributed by atoms with Crippen molar-refractivity contribution in [2.45, 2.75) is 26.7 Å². The van der Waals surface area contributed by atoms with Crippen molar-refractivity contribution in [1.29, 1.82) is 0 Å². The second-order valence-electron chi connectivity index (χ2n) is 7.63. The van der Waals surface area contributed by atoms with E-state index in [-0.39, 0.29) is 11.5 Å². The summed E-state index contributed by atoms with van der Waals surface area (Å²) in [6.07, 6.45) is 5.86. The van der Waals surface area contributed by atoms with Crippen LogP contribution in [0.3, 0.4) is 0 Å². The summed E-state index contributed by atoms with van der Waals surface area (Å²) in [4.78, 5) is 18.0. The molecule has 2 aromatic heterocycles. The molecule has 4 nitrogen and oxygen atoms in total. The van der Waals surface area contributed by atoms with Crippen molar-refractivity contribution < 1.29 is 0 Å². The molecule has 4 aromatic rings. The molecule has 0 fully saturated rings. The summed E-state index contributed by atoms with van der Waals surface area (Å²) >= 11 is 0. The van der Waals surface area contributed by atoms with Gasteiger partial charge in [-0.25, -0.2) is 4.98 Å². The lowest BCUT2D eigenvalue weighted by Crippen LogP contribution is -2.23. The molecule has 0 amide bonds. The minimum atomic E-state index is 0.0128. The number of imidazole rings is 1. The lowest BCUT2D eigenvalue weighted by molar-refractivity contribution is 0.765. The van der Waals surface area contributed by atoms with Crippen LogP contribution in [0.2, 0.25) is 0 Å². The number of para-hydroxylation sites is 1. The molecule has 146 valence electrons. The van der Waals surface area contributed by atoms with Crippen molar-refractivity contribution in [1.82, 2.24) is 14.1 Å². The first-order chi connectivity index (χ1) is 14.0. The maximum atomic E-state index is 13.7. The topological polar surface area (TPSA) is 39.8 Å². The lowest BCUT2D eigenvalue weighted by Gasteiger charge is -2.18. The third-order valence-electron chi connectivity index (χ3n) is 5.40. The van der Waals surface area contributed by atoms with Crippen molar-refractivity contribution in [3.8, 4) is 5.69 Å². The Morgan fingerprint density at radius 2 is 1.76 bits per heavy atom. The third-order valence-corrected chi connectivity index (χ3v) is 5.40. The largest absolute Gasteiger partial charge is 0.332 e. The highest BCUT2D eigenvalue weighted by Crippen LogP contribution is 2.25. The van der Waals surface area contributed by atoms with Gasteiger partial charge >= 0.3 is 0 Å². The van der Waals surface area contributed by atoms with Gasteiger partial charge in [0.2, 0.25) is 0 Å². The molecule has 0 aliphatic carbocycles. The molecule has 0 bridgehead atoms. The molecule has 0 N–H and O–H groups in total. The smallest absolute Gasteiger partial charge is 0.263 e. The molecule has 0 aliphatic heterocycles. The first kappa shape index (κ1) is 18.9. The number of pyridine rings is 1. The molecular weight excluding hydrogens is 358 g/mol. The van der Waals surface area contributed by atoms with E-state index in [1.54, 1.807) is 0 Å². The summed E-state index contributed by atoms with van der Waals surface area (Å²) in [5, 5.41) is 1.70. The van der Waals surface area contributed by atoms with Crippen LogP contribution in [0.25, 0.3) is 28.6 Å². The third kappa shape index (κ3) is 3.42. The van der Waals surface area contributed by atoms with E-state index in [0.29, 0.717) is 0 Å². The quantitative estimate of drug-likeness (QED) is 0.478. The molecule has 2 heterocycles. The van der Waals surface area contributed by atoms with E-state index in [0.717, 1.165) is 39.2 Å². The predicted octanol–water partition coefficient (Wildman–Crippen LogP) is 5.33. The number of rotatable bonds is 4. The van der Waals surface area contributed by atoms with Crippen LogP contribution in [0.15, 0.2) is 65.6 Å². The first-order valence-corrected chi connectivity index (χ1v) is 9.88. The van der Waals surface area contributed by atoms with Gasteiger partial charge in [0.05, 0.1) is 17.3 Å². The SMILES string of the molecule is Cc1ncc(/C=C/c2cccc3cc(C(C)C)n(-c4ccccc4)c(=O)c23)n1C. The maximum Gasteiger partial charge on any atom is 0.263 e. The number of fused-ring (bicyclic) bond motifs is 1. The fourth-order valence-corrected chi connectivity index (χ4v) is 3.67. The van der Waals surface area contributed by atoms with Gasteiger partial charge in [-0.1, -0.05) is 56.3 Å². The standard InChI is InChI=1S/C25H25N3O/c1-17(2)23-15-20-10-8-9-19(13-14-22-16-26-18(3)27(22)4)24(20)25(29)28(23)21-11-6-5-7-12-21/h5-17H,1-4H3/b14-13+. The zero-order chi connectivity index (χ0) is 20.5. The van der Waals surface area contributed by atoms with Gasteiger partial charge in [-0.3, -0.25) is 9.36 Å². The highest BCUT2D eigenvalue weighted by Gasteiger charge is 2.15. The van der Waals surface area contributed by atoms with Gasteiger partial charge in [0, 0.05) is 18.4 Å². The number of nitrogens with zero attached hydrogens (tertiary/aromatic N) is 3. The number of hydrogen-bond donors (Lipinski definition) is 0. The normalized spacial score (nSPS) is 11.8. The van der Waals surface area contributed by atoms with Gasteiger partial charge < -0.3 is 4.57 Å². The van der Waals surface area contributed by atoms with Crippen LogP contribution in [0.5, 0.6) is 0 Å². The number of benzene rings is 2. The molecule has 0 unspecified atom stereocenters. The average molecular weight is 383 g/mol. The molecular formula is C25H25N3O. The van der Waals surface area contributed by atoms with E-state index in [9.17, 15) is 4.79 Å². The van der Waals surface area contributed by atoms with Gasteiger partial charge in [0.1, 0.15) is 5.82 Å². The van der Waals surface area contributed by atoms with E-state index < -0.39 is 0 Å². The second kappa shape index (κ2) is 7.55. The predicted molar refractivity (Wildman–Crippen MR) is 121 cm³/mol. The Morgan fingerprint density at radius 3 is 2.41 bits per heavy atom. The Morgan fingerprint density at radius 1 is 1.00 bits per heavy atom. The van der Waals surface area contributed by atoms with E-state index in [1.165, 1.54) is 0 Å². The van der Waals surface area contributed by atoms with Crippen LogP contribution in [0.4, 0.5) is 0 Å². The zero-order valence-corrected chi connectivity index (χ0v) is 17.3. The summed E-state index contributed by atoms with van der Waals surface area (Å²) in [5.74, 6) is 1.18. The van der Waals surface area contributed by atoms with Crippen molar-refractivity contribution in [3.63, 3.8) is 0 Å². The van der Waals surface area contributed by atoms with Crippen molar-refractivity contribution in [3.05, 3.63) is 93.9 Å². The van der Waals surface area contributed by atoms with Gasteiger partial charge in [0.25, 0.3) is 5.56 Å². The van der Waals surface area contributed by atoms with E-state index in [2.05, 4.69) is 24.9 Å². The molecule has 4 rings (SSSR count). The van der Waals surface area contributed by atoms with Crippen LogP contribution in [0.1, 0.15) is 42.5 Å². The Bertz CT molecular complexity index is 1260. The Kier molecular flexibility index (Phi) is 4.93.